The fraction of sp³-hybridized carbons (Fsp3) is 0.417. The summed E-state index contributed by atoms with van der Waals surface area (Å²) in [6, 6.07) is 0. The zero-order valence-electron chi connectivity index (χ0n) is 11.7. The summed E-state index contributed by atoms with van der Waals surface area (Å²) in [6.45, 7) is 0.727. The number of aromatic amines is 1. The topological polar surface area (TPSA) is 106 Å². The molecule has 2 aromatic heterocycles. The largest absolute Gasteiger partial charge is 0.457 e. The van der Waals surface area contributed by atoms with E-state index in [1.165, 1.54) is 7.05 Å². The molecule has 0 saturated carbocycles. The SMILES string of the molecule is Cn1nc(COC(=O)C2CN(c3ncc(F)cn3)C2)[nH]c1=O. The lowest BCUT2D eigenvalue weighted by atomic mass is 10.0. The van der Waals surface area contributed by atoms with Gasteiger partial charge in [-0.1, -0.05) is 0 Å². The number of anilines is 1. The van der Waals surface area contributed by atoms with Gasteiger partial charge < -0.3 is 9.64 Å². The molecule has 0 spiro atoms. The van der Waals surface area contributed by atoms with Crippen molar-refractivity contribution in [2.75, 3.05) is 18.0 Å². The van der Waals surface area contributed by atoms with Gasteiger partial charge in [0.15, 0.2) is 18.2 Å². The highest BCUT2D eigenvalue weighted by atomic mass is 19.1. The summed E-state index contributed by atoms with van der Waals surface area (Å²) in [7, 11) is 1.50. The molecule has 0 aromatic carbocycles. The molecule has 2 aromatic rings. The molecule has 0 amide bonds. The van der Waals surface area contributed by atoms with Crippen molar-refractivity contribution in [1.82, 2.24) is 24.7 Å². The summed E-state index contributed by atoms with van der Waals surface area (Å²) in [5.41, 5.74) is -0.366. The van der Waals surface area contributed by atoms with Gasteiger partial charge in [-0.3, -0.25) is 9.78 Å². The Morgan fingerprint density at radius 2 is 2.14 bits per heavy atom. The quantitative estimate of drug-likeness (QED) is 0.738. The van der Waals surface area contributed by atoms with Gasteiger partial charge in [-0.05, 0) is 0 Å². The minimum Gasteiger partial charge on any atom is -0.457 e. The Labute approximate surface area is 123 Å². The Bertz CT molecular complexity index is 734. The molecule has 0 bridgehead atoms. The van der Waals surface area contributed by atoms with Crippen LogP contribution in [-0.4, -0.2) is 43.8 Å². The number of rotatable bonds is 4. The maximum absolute atomic E-state index is 12.7. The van der Waals surface area contributed by atoms with Crippen LogP contribution in [0.3, 0.4) is 0 Å². The fourth-order valence-corrected chi connectivity index (χ4v) is 2.04. The first-order chi connectivity index (χ1) is 10.5. The maximum Gasteiger partial charge on any atom is 0.343 e. The number of aryl methyl sites for hydroxylation is 1. The van der Waals surface area contributed by atoms with Crippen LogP contribution in [0, 0.1) is 11.7 Å². The molecule has 9 nitrogen and oxygen atoms in total. The first kappa shape index (κ1) is 14.2. The number of ether oxygens (including phenoxy) is 1. The van der Waals surface area contributed by atoms with E-state index in [0.29, 0.717) is 24.9 Å². The average molecular weight is 308 g/mol. The van der Waals surface area contributed by atoms with Gasteiger partial charge in [0.1, 0.15) is 0 Å². The predicted molar refractivity (Wildman–Crippen MR) is 71.3 cm³/mol. The van der Waals surface area contributed by atoms with E-state index in [2.05, 4.69) is 20.1 Å². The molecule has 22 heavy (non-hydrogen) atoms. The zero-order chi connectivity index (χ0) is 15.7. The van der Waals surface area contributed by atoms with Crippen molar-refractivity contribution in [1.29, 1.82) is 0 Å². The lowest BCUT2D eigenvalue weighted by Gasteiger charge is -2.37. The Morgan fingerprint density at radius 1 is 1.45 bits per heavy atom. The molecular weight excluding hydrogens is 295 g/mol. The van der Waals surface area contributed by atoms with E-state index in [-0.39, 0.29) is 24.2 Å². The number of hydrogen-bond acceptors (Lipinski definition) is 7. The number of carbonyl (C=O) groups is 1. The molecule has 116 valence electrons. The standard InChI is InChI=1S/C12H13FN6O3/c1-18-12(21)16-9(17-18)6-22-10(20)7-4-19(5-7)11-14-2-8(13)3-15-11/h2-3,7H,4-6H2,1H3,(H,16,17,21). The lowest BCUT2D eigenvalue weighted by Crippen LogP contribution is -2.51. The highest BCUT2D eigenvalue weighted by Crippen LogP contribution is 2.21. The second-order valence-electron chi connectivity index (χ2n) is 4.91. The summed E-state index contributed by atoms with van der Waals surface area (Å²) < 4.78 is 18.9. The molecule has 1 N–H and O–H groups in total. The van der Waals surface area contributed by atoms with Gasteiger partial charge >= 0.3 is 11.7 Å². The predicted octanol–water partition coefficient (Wildman–Crippen LogP) is -0.783. The Balaban J connectivity index is 1.49. The van der Waals surface area contributed by atoms with Crippen molar-refractivity contribution >= 4 is 11.9 Å². The molecule has 3 rings (SSSR count). The van der Waals surface area contributed by atoms with E-state index < -0.39 is 5.82 Å². The summed E-state index contributed by atoms with van der Waals surface area (Å²) >= 11 is 0. The van der Waals surface area contributed by atoms with E-state index in [9.17, 15) is 14.0 Å². The minimum absolute atomic E-state index is 0.0849. The van der Waals surface area contributed by atoms with Gasteiger partial charge in [0.25, 0.3) is 0 Å². The number of nitrogens with zero attached hydrogens (tertiary/aromatic N) is 5. The van der Waals surface area contributed by atoms with Crippen molar-refractivity contribution in [3.8, 4) is 0 Å². The number of halogens is 1. The molecular formula is C12H13FN6O3. The van der Waals surface area contributed by atoms with E-state index in [0.717, 1.165) is 17.1 Å². The van der Waals surface area contributed by atoms with Crippen molar-refractivity contribution < 1.29 is 13.9 Å². The van der Waals surface area contributed by atoms with E-state index >= 15 is 0 Å². The van der Waals surface area contributed by atoms with Crippen molar-refractivity contribution in [3.05, 3.63) is 34.5 Å². The second kappa shape index (κ2) is 5.54. The Kier molecular flexibility index (Phi) is 3.57. The van der Waals surface area contributed by atoms with Crippen molar-refractivity contribution in [3.63, 3.8) is 0 Å². The van der Waals surface area contributed by atoms with Gasteiger partial charge in [0.2, 0.25) is 5.95 Å². The van der Waals surface area contributed by atoms with Crippen LogP contribution < -0.4 is 10.6 Å². The molecule has 10 heteroatoms. The number of hydrogen-bond donors (Lipinski definition) is 1. The van der Waals surface area contributed by atoms with Crippen LogP contribution in [0.15, 0.2) is 17.2 Å². The number of aromatic nitrogens is 5. The first-order valence-electron chi connectivity index (χ1n) is 6.54. The third-order valence-electron chi connectivity index (χ3n) is 3.27. The summed E-state index contributed by atoms with van der Waals surface area (Å²) in [4.78, 5) is 34.9. The lowest BCUT2D eigenvalue weighted by molar-refractivity contribution is -0.151. The van der Waals surface area contributed by atoms with Crippen LogP contribution in [0.5, 0.6) is 0 Å². The van der Waals surface area contributed by atoms with Crippen LogP contribution in [0.4, 0.5) is 10.3 Å². The minimum atomic E-state index is -0.510. The average Bonchev–Trinajstić information content (AvgIpc) is 2.76. The van der Waals surface area contributed by atoms with E-state index in [1.807, 2.05) is 0 Å². The molecule has 0 aliphatic carbocycles. The number of nitrogens with one attached hydrogen (secondary N) is 1. The highest BCUT2D eigenvalue weighted by Gasteiger charge is 2.35. The Hall–Kier alpha value is -2.78. The molecule has 1 aliphatic rings. The van der Waals surface area contributed by atoms with Crippen molar-refractivity contribution in [2.45, 2.75) is 6.61 Å². The first-order valence-corrected chi connectivity index (χ1v) is 6.54. The van der Waals surface area contributed by atoms with Crippen LogP contribution in [0.25, 0.3) is 0 Å². The van der Waals surface area contributed by atoms with Gasteiger partial charge in [-0.15, -0.1) is 0 Å². The fourth-order valence-electron chi connectivity index (χ4n) is 2.04. The van der Waals surface area contributed by atoms with E-state index in [4.69, 9.17) is 4.74 Å². The molecule has 1 saturated heterocycles. The molecule has 1 aliphatic heterocycles. The van der Waals surface area contributed by atoms with Gasteiger partial charge in [0.05, 0.1) is 18.3 Å². The third kappa shape index (κ3) is 2.80. The van der Waals surface area contributed by atoms with Crippen LogP contribution in [0.2, 0.25) is 0 Å². The van der Waals surface area contributed by atoms with Crippen LogP contribution in [-0.2, 0) is 23.2 Å². The van der Waals surface area contributed by atoms with E-state index in [1.54, 1.807) is 4.90 Å². The molecule has 0 unspecified atom stereocenters. The summed E-state index contributed by atoms with van der Waals surface area (Å²) in [6.07, 6.45) is 2.15. The highest BCUT2D eigenvalue weighted by molar-refractivity contribution is 5.76. The van der Waals surface area contributed by atoms with Gasteiger partial charge in [-0.25, -0.2) is 23.8 Å². The van der Waals surface area contributed by atoms with Crippen LogP contribution in [0.1, 0.15) is 5.82 Å². The third-order valence-corrected chi connectivity index (χ3v) is 3.27. The molecule has 0 atom stereocenters. The number of H-pyrrole nitrogens is 1. The number of esters is 1. The normalized spacial score (nSPS) is 14.7. The second-order valence-corrected chi connectivity index (χ2v) is 4.91. The summed E-state index contributed by atoms with van der Waals surface area (Å²) in [5.74, 6) is -0.531. The number of carbonyl (C=O) groups excluding carboxylic acids is 1. The molecule has 1 fully saturated rings. The smallest absolute Gasteiger partial charge is 0.343 e. The van der Waals surface area contributed by atoms with Crippen molar-refractivity contribution in [2.24, 2.45) is 13.0 Å². The maximum atomic E-state index is 12.7. The van der Waals surface area contributed by atoms with Gasteiger partial charge in [0, 0.05) is 20.1 Å². The van der Waals surface area contributed by atoms with Gasteiger partial charge in [-0.2, -0.15) is 5.10 Å². The monoisotopic (exact) mass is 308 g/mol. The Morgan fingerprint density at radius 3 is 2.73 bits per heavy atom. The zero-order valence-corrected chi connectivity index (χ0v) is 11.7. The van der Waals surface area contributed by atoms with Crippen LogP contribution >= 0.6 is 0 Å². The summed E-state index contributed by atoms with van der Waals surface area (Å²) in [5, 5.41) is 3.86. The molecule has 3 heterocycles. The molecule has 0 radical (unpaired) electrons.